The van der Waals surface area contributed by atoms with Crippen molar-refractivity contribution >= 4 is 28.9 Å². The highest BCUT2D eigenvalue weighted by atomic mass is 35.5. The van der Waals surface area contributed by atoms with Crippen molar-refractivity contribution in [3.63, 3.8) is 0 Å². The van der Waals surface area contributed by atoms with Crippen LogP contribution in [0.2, 0.25) is 5.02 Å². The molecule has 0 saturated heterocycles. The number of rotatable bonds is 10. The van der Waals surface area contributed by atoms with Crippen LogP contribution in [0.15, 0.2) is 47.6 Å². The van der Waals surface area contributed by atoms with Crippen LogP contribution in [-0.4, -0.2) is 48.1 Å². The Hall–Kier alpha value is -3.12. The molecule has 174 valence electrons. The summed E-state index contributed by atoms with van der Waals surface area (Å²) in [5.41, 5.74) is 5.49. The summed E-state index contributed by atoms with van der Waals surface area (Å²) in [5, 5.41) is 30.5. The van der Waals surface area contributed by atoms with Gasteiger partial charge in [-0.3, -0.25) is 4.79 Å². The molecule has 0 aliphatic carbocycles. The van der Waals surface area contributed by atoms with Crippen LogP contribution in [0.5, 0.6) is 5.75 Å². The normalized spacial score (nSPS) is 14.6. The average Bonchev–Trinajstić information content (AvgIpc) is 2.82. The Morgan fingerprint density at radius 2 is 2.03 bits per heavy atom. The van der Waals surface area contributed by atoms with Gasteiger partial charge >= 0.3 is 0 Å². The van der Waals surface area contributed by atoms with Gasteiger partial charge in [-0.2, -0.15) is 10.4 Å². The highest BCUT2D eigenvalue weighted by Gasteiger charge is 2.19. The van der Waals surface area contributed by atoms with Crippen molar-refractivity contribution in [2.75, 3.05) is 25.0 Å². The molecule has 0 saturated carbocycles. The lowest BCUT2D eigenvalue weighted by molar-refractivity contribution is -0.121. The Labute approximate surface area is 198 Å². The van der Waals surface area contributed by atoms with Gasteiger partial charge in [-0.25, -0.2) is 5.43 Å². The van der Waals surface area contributed by atoms with Gasteiger partial charge in [-0.15, -0.1) is 0 Å². The second-order valence-electron chi connectivity index (χ2n) is 8.51. The predicted molar refractivity (Wildman–Crippen MR) is 129 cm³/mol. The molecule has 9 heteroatoms. The molecule has 1 heterocycles. The number of benzene rings is 2. The van der Waals surface area contributed by atoms with Crippen molar-refractivity contribution in [3.8, 4) is 11.8 Å². The van der Waals surface area contributed by atoms with E-state index in [0.717, 1.165) is 17.0 Å². The Balaban J connectivity index is 1.43. The third-order valence-electron chi connectivity index (χ3n) is 5.16. The lowest BCUT2D eigenvalue weighted by Crippen LogP contribution is -2.49. The number of carbonyl (C=O) groups is 1. The summed E-state index contributed by atoms with van der Waals surface area (Å²) in [5.74, 6) is 0.321. The number of aliphatic hydroxyl groups excluding tert-OH is 1. The van der Waals surface area contributed by atoms with Crippen LogP contribution in [0.3, 0.4) is 0 Å². The van der Waals surface area contributed by atoms with Gasteiger partial charge in [-0.05, 0) is 49.7 Å². The number of aliphatic hydroxyl groups is 1. The summed E-state index contributed by atoms with van der Waals surface area (Å²) in [6.07, 6.45) is 0.342. The maximum Gasteiger partial charge on any atom is 0.240 e. The number of β-amino-alcohol motifs (C(OH)–C–C–N with tert-alkyl or cyclic N) is 1. The zero-order chi connectivity index (χ0) is 23.8. The van der Waals surface area contributed by atoms with Gasteiger partial charge in [0.1, 0.15) is 18.5 Å². The number of nitriles is 1. The molecule has 1 atom stereocenters. The third-order valence-corrected chi connectivity index (χ3v) is 5.48. The van der Waals surface area contributed by atoms with E-state index in [-0.39, 0.29) is 18.1 Å². The van der Waals surface area contributed by atoms with Gasteiger partial charge in [0.15, 0.2) is 0 Å². The van der Waals surface area contributed by atoms with E-state index in [1.165, 1.54) is 0 Å². The van der Waals surface area contributed by atoms with Gasteiger partial charge in [0, 0.05) is 37.2 Å². The molecular weight excluding hydrogens is 442 g/mol. The van der Waals surface area contributed by atoms with Crippen molar-refractivity contribution in [1.82, 2.24) is 10.7 Å². The molecule has 0 bridgehead atoms. The van der Waals surface area contributed by atoms with Crippen molar-refractivity contribution in [2.45, 2.75) is 38.3 Å². The molecular formula is C24H28ClN5O3. The third kappa shape index (κ3) is 7.46. The fourth-order valence-electron chi connectivity index (χ4n) is 3.17. The second-order valence-corrected chi connectivity index (χ2v) is 8.92. The number of amides is 1. The van der Waals surface area contributed by atoms with E-state index in [1.54, 1.807) is 18.2 Å². The molecule has 1 aliphatic heterocycles. The summed E-state index contributed by atoms with van der Waals surface area (Å²) in [6.45, 7) is 5.09. The van der Waals surface area contributed by atoms with Crippen LogP contribution in [0.25, 0.3) is 0 Å². The lowest BCUT2D eigenvalue weighted by atomic mass is 10.0. The standard InChI is InChI=1S/C24H28ClN5O3/c1-24(2,28-13-19(31)14-33-22-11-16(12-26)3-8-20(22)25)15-27-18-6-4-17(5-7-18)21-9-10-23(32)30-29-21/h3-8,11,19,27-28,31H,9-10,13-15H2,1-2H3,(H,30,32). The molecule has 33 heavy (non-hydrogen) atoms. The number of ether oxygens (including phenoxy) is 1. The molecule has 3 rings (SSSR count). The maximum atomic E-state index is 11.2. The van der Waals surface area contributed by atoms with Gasteiger partial charge in [0.25, 0.3) is 0 Å². The van der Waals surface area contributed by atoms with E-state index < -0.39 is 6.10 Å². The molecule has 0 aromatic heterocycles. The molecule has 1 aliphatic rings. The highest BCUT2D eigenvalue weighted by Crippen LogP contribution is 2.25. The van der Waals surface area contributed by atoms with Crippen molar-refractivity contribution < 1.29 is 14.6 Å². The number of hydrazone groups is 1. The topological polar surface area (TPSA) is 119 Å². The smallest absolute Gasteiger partial charge is 0.240 e. The maximum absolute atomic E-state index is 11.2. The van der Waals surface area contributed by atoms with Crippen molar-refractivity contribution in [1.29, 1.82) is 5.26 Å². The monoisotopic (exact) mass is 469 g/mol. The van der Waals surface area contributed by atoms with E-state index >= 15 is 0 Å². The number of halogens is 1. The second kappa shape index (κ2) is 11.1. The highest BCUT2D eigenvalue weighted by molar-refractivity contribution is 6.32. The molecule has 1 amide bonds. The van der Waals surface area contributed by atoms with Gasteiger partial charge < -0.3 is 20.5 Å². The minimum absolute atomic E-state index is 0.0525. The van der Waals surface area contributed by atoms with E-state index in [4.69, 9.17) is 21.6 Å². The van der Waals surface area contributed by atoms with Crippen LogP contribution in [0.4, 0.5) is 5.69 Å². The molecule has 2 aromatic rings. The van der Waals surface area contributed by atoms with Gasteiger partial charge in [-0.1, -0.05) is 23.7 Å². The van der Waals surface area contributed by atoms with E-state index in [2.05, 4.69) is 21.2 Å². The Kier molecular flexibility index (Phi) is 8.28. The van der Waals surface area contributed by atoms with Gasteiger partial charge in [0.05, 0.1) is 22.4 Å². The van der Waals surface area contributed by atoms with Crippen molar-refractivity contribution in [3.05, 3.63) is 58.6 Å². The number of hydrogen-bond donors (Lipinski definition) is 4. The molecule has 1 unspecified atom stereocenters. The summed E-state index contributed by atoms with van der Waals surface area (Å²) in [4.78, 5) is 11.2. The van der Waals surface area contributed by atoms with Crippen LogP contribution >= 0.6 is 11.6 Å². The summed E-state index contributed by atoms with van der Waals surface area (Å²) >= 11 is 6.08. The van der Waals surface area contributed by atoms with E-state index in [0.29, 0.717) is 42.3 Å². The molecule has 0 fully saturated rings. The molecule has 8 nitrogen and oxygen atoms in total. The van der Waals surface area contributed by atoms with Crippen LogP contribution in [0, 0.1) is 11.3 Å². The first kappa shape index (κ1) is 24.5. The predicted octanol–water partition coefficient (Wildman–Crippen LogP) is 3.05. The largest absolute Gasteiger partial charge is 0.489 e. The first-order valence-corrected chi connectivity index (χ1v) is 11.1. The fourth-order valence-corrected chi connectivity index (χ4v) is 3.34. The average molecular weight is 470 g/mol. The Bertz CT molecular complexity index is 1050. The van der Waals surface area contributed by atoms with Crippen LogP contribution in [-0.2, 0) is 4.79 Å². The zero-order valence-electron chi connectivity index (χ0n) is 18.7. The minimum atomic E-state index is -0.748. The number of carbonyl (C=O) groups excluding carboxylic acids is 1. The summed E-state index contributed by atoms with van der Waals surface area (Å²) < 4.78 is 5.58. The van der Waals surface area contributed by atoms with Gasteiger partial charge in [0.2, 0.25) is 5.91 Å². The Morgan fingerprint density at radius 3 is 2.70 bits per heavy atom. The van der Waals surface area contributed by atoms with Crippen molar-refractivity contribution in [2.24, 2.45) is 5.10 Å². The van der Waals surface area contributed by atoms with Crippen LogP contribution in [0.1, 0.15) is 37.8 Å². The molecule has 0 spiro atoms. The first-order valence-electron chi connectivity index (χ1n) is 10.7. The number of nitrogens with zero attached hydrogens (tertiary/aromatic N) is 2. The molecule has 4 N–H and O–H groups in total. The fraction of sp³-hybridized carbons (Fsp3) is 0.375. The summed E-state index contributed by atoms with van der Waals surface area (Å²) in [6, 6.07) is 14.7. The molecule has 0 radical (unpaired) electrons. The SMILES string of the molecule is CC(C)(CNc1ccc(C2=NNC(=O)CC2)cc1)NCC(O)COc1cc(C#N)ccc1Cl. The molecule has 2 aromatic carbocycles. The van der Waals surface area contributed by atoms with E-state index in [1.807, 2.05) is 44.2 Å². The van der Waals surface area contributed by atoms with E-state index in [9.17, 15) is 9.90 Å². The minimum Gasteiger partial charge on any atom is -0.489 e. The Morgan fingerprint density at radius 1 is 1.27 bits per heavy atom. The first-order chi connectivity index (χ1) is 15.8. The zero-order valence-corrected chi connectivity index (χ0v) is 19.4. The van der Waals surface area contributed by atoms with Crippen LogP contribution < -0.4 is 20.8 Å². The number of hydrogen-bond acceptors (Lipinski definition) is 7. The number of nitrogens with one attached hydrogen (secondary N) is 3. The summed E-state index contributed by atoms with van der Waals surface area (Å²) in [7, 11) is 0. The number of anilines is 1. The quantitative estimate of drug-likeness (QED) is 0.424. The lowest BCUT2D eigenvalue weighted by Gasteiger charge is -2.28.